The van der Waals surface area contributed by atoms with E-state index < -0.39 is 17.4 Å². The average Bonchev–Trinajstić information content (AvgIpc) is 3.24. The molecule has 184 valence electrons. The number of likely N-dealkylation sites (N-methyl/N-ethyl adjacent to an activating group) is 1. The summed E-state index contributed by atoms with van der Waals surface area (Å²) in [5.74, 6) is 1.29. The molecule has 2 aromatic heterocycles. The van der Waals surface area contributed by atoms with Gasteiger partial charge in [-0.25, -0.2) is 4.79 Å². The van der Waals surface area contributed by atoms with Crippen molar-refractivity contribution >= 4 is 17.1 Å². The normalized spacial score (nSPS) is 15.7. The van der Waals surface area contributed by atoms with Gasteiger partial charge in [0.25, 0.3) is 5.56 Å². The van der Waals surface area contributed by atoms with Gasteiger partial charge in [-0.05, 0) is 30.7 Å². The van der Waals surface area contributed by atoms with Gasteiger partial charge in [-0.1, -0.05) is 26.0 Å². The summed E-state index contributed by atoms with van der Waals surface area (Å²) in [4.78, 5) is 34.8. The van der Waals surface area contributed by atoms with Crippen molar-refractivity contribution in [1.29, 1.82) is 0 Å². The molecule has 1 saturated heterocycles. The highest BCUT2D eigenvalue weighted by Crippen LogP contribution is 2.22. The quantitative estimate of drug-likeness (QED) is 0.514. The van der Waals surface area contributed by atoms with Crippen molar-refractivity contribution in [3.8, 4) is 5.75 Å². The number of benzene rings is 1. The van der Waals surface area contributed by atoms with Crippen LogP contribution in [0.15, 0.2) is 33.9 Å². The third-order valence-electron chi connectivity index (χ3n) is 6.57. The van der Waals surface area contributed by atoms with Gasteiger partial charge in [-0.15, -0.1) is 0 Å². The number of rotatable bonds is 8. The van der Waals surface area contributed by atoms with Gasteiger partial charge < -0.3 is 24.2 Å². The number of aliphatic hydroxyl groups excluding tert-OH is 1. The Kier molecular flexibility index (Phi) is 7.08. The summed E-state index contributed by atoms with van der Waals surface area (Å²) in [5, 5.41) is 10.9. The second kappa shape index (κ2) is 10.0. The van der Waals surface area contributed by atoms with Gasteiger partial charge in [-0.2, -0.15) is 4.98 Å². The van der Waals surface area contributed by atoms with E-state index in [2.05, 4.69) is 23.6 Å². The molecule has 1 fully saturated rings. The minimum Gasteiger partial charge on any atom is -0.491 e. The molecule has 1 aliphatic rings. The number of ether oxygens (including phenoxy) is 1. The average molecular weight is 471 g/mol. The second-order valence-electron chi connectivity index (χ2n) is 8.79. The van der Waals surface area contributed by atoms with Crippen molar-refractivity contribution < 1.29 is 9.84 Å². The summed E-state index contributed by atoms with van der Waals surface area (Å²) < 4.78 is 10.1. The van der Waals surface area contributed by atoms with Gasteiger partial charge in [0.1, 0.15) is 18.5 Å². The predicted octanol–water partition coefficient (Wildman–Crippen LogP) is 0.578. The summed E-state index contributed by atoms with van der Waals surface area (Å²) in [5.41, 5.74) is 0.942. The van der Waals surface area contributed by atoms with E-state index in [0.29, 0.717) is 22.9 Å². The summed E-state index contributed by atoms with van der Waals surface area (Å²) >= 11 is 0. The number of nitrogens with zero attached hydrogens (tertiary/aromatic N) is 6. The highest BCUT2D eigenvalue weighted by atomic mass is 16.5. The number of aryl methyl sites for hydroxylation is 2. The molecule has 4 rings (SSSR count). The lowest BCUT2D eigenvalue weighted by atomic mass is 10.2. The molecule has 1 aromatic carbocycles. The lowest BCUT2D eigenvalue weighted by Gasteiger charge is -2.35. The fraction of sp³-hybridized carbons (Fsp3) is 0.542. The number of anilines is 1. The van der Waals surface area contributed by atoms with Crippen LogP contribution in [0.1, 0.15) is 19.4 Å². The van der Waals surface area contributed by atoms with Crippen molar-refractivity contribution in [3.05, 3.63) is 50.7 Å². The first-order valence-electron chi connectivity index (χ1n) is 11.9. The standard InChI is InChI=1S/C24H34N6O4/c1-5-17-8-7-9-19(14-17)34-16-18(31)15-30-20-21(26(3)24(33)27(4)22(20)32)25-23(30)29-12-10-28(6-2)11-13-29/h7-9,14,18,31H,5-6,10-13,15-16H2,1-4H3/t18-/m0/s1. The number of hydrogen-bond acceptors (Lipinski definition) is 7. The van der Waals surface area contributed by atoms with Crippen LogP contribution in [0, 0.1) is 0 Å². The molecule has 0 amide bonds. The van der Waals surface area contributed by atoms with Crippen molar-refractivity contribution in [2.45, 2.75) is 32.9 Å². The van der Waals surface area contributed by atoms with E-state index in [1.54, 1.807) is 11.6 Å². The molecule has 1 N–H and O–H groups in total. The molecule has 0 bridgehead atoms. The fourth-order valence-corrected chi connectivity index (χ4v) is 4.42. The lowest BCUT2D eigenvalue weighted by Crippen LogP contribution is -2.47. The Labute approximate surface area is 198 Å². The molecule has 1 aliphatic heterocycles. The Morgan fingerprint density at radius 2 is 1.82 bits per heavy atom. The van der Waals surface area contributed by atoms with Crippen LogP contribution in [0.25, 0.3) is 11.2 Å². The molecule has 0 unspecified atom stereocenters. The Hall–Kier alpha value is -3.11. The van der Waals surface area contributed by atoms with Gasteiger partial charge in [0, 0.05) is 40.3 Å². The van der Waals surface area contributed by atoms with E-state index >= 15 is 0 Å². The maximum absolute atomic E-state index is 13.1. The molecule has 10 nitrogen and oxygen atoms in total. The molecule has 34 heavy (non-hydrogen) atoms. The van der Waals surface area contributed by atoms with Crippen molar-refractivity contribution in [1.82, 2.24) is 23.6 Å². The molecule has 1 atom stereocenters. The SMILES string of the molecule is CCc1cccc(OC[C@@H](O)Cn2c(N3CCN(CC)CC3)nc3c2c(=O)n(C)c(=O)n3C)c1. The third-order valence-corrected chi connectivity index (χ3v) is 6.57. The topological polar surface area (TPSA) is 97.8 Å². The third kappa shape index (κ3) is 4.60. The van der Waals surface area contributed by atoms with Crippen LogP contribution < -0.4 is 20.9 Å². The number of aliphatic hydroxyl groups is 1. The van der Waals surface area contributed by atoms with E-state index in [4.69, 9.17) is 9.72 Å². The van der Waals surface area contributed by atoms with E-state index in [9.17, 15) is 14.7 Å². The molecule has 3 aromatic rings. The molecule has 0 spiro atoms. The van der Waals surface area contributed by atoms with Crippen LogP contribution in [0.5, 0.6) is 5.75 Å². The summed E-state index contributed by atoms with van der Waals surface area (Å²) in [7, 11) is 3.07. The van der Waals surface area contributed by atoms with Crippen LogP contribution >= 0.6 is 0 Å². The highest BCUT2D eigenvalue weighted by Gasteiger charge is 2.26. The highest BCUT2D eigenvalue weighted by molar-refractivity contribution is 5.74. The number of fused-ring (bicyclic) bond motifs is 1. The van der Waals surface area contributed by atoms with Gasteiger partial charge >= 0.3 is 5.69 Å². The van der Waals surface area contributed by atoms with E-state index in [-0.39, 0.29) is 13.2 Å². The zero-order valence-corrected chi connectivity index (χ0v) is 20.4. The molecule has 0 saturated carbocycles. The van der Waals surface area contributed by atoms with Crippen LogP contribution in [0.3, 0.4) is 0 Å². The van der Waals surface area contributed by atoms with Crippen LogP contribution in [-0.2, 0) is 27.1 Å². The first kappa shape index (κ1) is 24.0. The van der Waals surface area contributed by atoms with Crippen LogP contribution in [0.4, 0.5) is 5.95 Å². The fourth-order valence-electron chi connectivity index (χ4n) is 4.42. The molecular weight excluding hydrogens is 436 g/mol. The maximum atomic E-state index is 13.1. The second-order valence-corrected chi connectivity index (χ2v) is 8.79. The Bertz CT molecular complexity index is 1270. The van der Waals surface area contributed by atoms with Gasteiger partial charge in [0.2, 0.25) is 5.95 Å². The van der Waals surface area contributed by atoms with Crippen LogP contribution in [-0.4, -0.2) is 74.1 Å². The number of piperazine rings is 1. The first-order valence-corrected chi connectivity index (χ1v) is 11.9. The number of imidazole rings is 1. The summed E-state index contributed by atoms with van der Waals surface area (Å²) in [6.07, 6.45) is 0.0255. The Morgan fingerprint density at radius 3 is 2.50 bits per heavy atom. The number of hydrogen-bond donors (Lipinski definition) is 1. The Morgan fingerprint density at radius 1 is 1.09 bits per heavy atom. The summed E-state index contributed by atoms with van der Waals surface area (Å²) in [6, 6.07) is 7.79. The minimum atomic E-state index is -0.875. The van der Waals surface area contributed by atoms with Gasteiger partial charge in [0.05, 0.1) is 6.54 Å². The van der Waals surface area contributed by atoms with Crippen molar-refractivity contribution in [2.24, 2.45) is 14.1 Å². The maximum Gasteiger partial charge on any atom is 0.332 e. The smallest absolute Gasteiger partial charge is 0.332 e. The molecule has 0 radical (unpaired) electrons. The monoisotopic (exact) mass is 470 g/mol. The van der Waals surface area contributed by atoms with E-state index in [0.717, 1.165) is 49.3 Å². The van der Waals surface area contributed by atoms with Gasteiger partial charge in [-0.3, -0.25) is 13.9 Å². The first-order chi connectivity index (χ1) is 16.3. The van der Waals surface area contributed by atoms with E-state index in [1.165, 1.54) is 11.6 Å². The molecular formula is C24H34N6O4. The lowest BCUT2D eigenvalue weighted by molar-refractivity contribution is 0.0935. The van der Waals surface area contributed by atoms with Crippen LogP contribution in [0.2, 0.25) is 0 Å². The molecule has 10 heteroatoms. The molecule has 0 aliphatic carbocycles. The Balaban J connectivity index is 1.66. The largest absolute Gasteiger partial charge is 0.491 e. The predicted molar refractivity (Wildman–Crippen MR) is 132 cm³/mol. The van der Waals surface area contributed by atoms with Gasteiger partial charge in [0.15, 0.2) is 11.2 Å². The van der Waals surface area contributed by atoms with Crippen molar-refractivity contribution in [2.75, 3.05) is 44.2 Å². The summed E-state index contributed by atoms with van der Waals surface area (Å²) in [6.45, 7) is 8.66. The zero-order valence-electron chi connectivity index (χ0n) is 20.4. The zero-order chi connectivity index (χ0) is 24.4. The van der Waals surface area contributed by atoms with E-state index in [1.807, 2.05) is 24.3 Å². The molecule has 3 heterocycles. The number of aromatic nitrogens is 4. The minimum absolute atomic E-state index is 0.0714. The van der Waals surface area contributed by atoms with Crippen molar-refractivity contribution in [3.63, 3.8) is 0 Å².